The van der Waals surface area contributed by atoms with Crippen LogP contribution in [0.15, 0.2) is 36.5 Å². The third kappa shape index (κ3) is 4.41. The molecule has 8 heteroatoms. The summed E-state index contributed by atoms with van der Waals surface area (Å²) >= 11 is 1.37. The molecule has 168 valence electrons. The molecular formula is C24H29N5O2S. The Morgan fingerprint density at radius 3 is 2.44 bits per heavy atom. The zero-order valence-electron chi connectivity index (χ0n) is 18.8. The van der Waals surface area contributed by atoms with E-state index >= 15 is 0 Å². The fraction of sp³-hybridized carbons (Fsp3) is 0.375. The Labute approximate surface area is 192 Å². The summed E-state index contributed by atoms with van der Waals surface area (Å²) in [5.74, 6) is 0.0849. The molecular weight excluding hydrogens is 422 g/mol. The van der Waals surface area contributed by atoms with Gasteiger partial charge in [-0.25, -0.2) is 4.98 Å². The molecule has 3 aromatic rings. The summed E-state index contributed by atoms with van der Waals surface area (Å²) in [6.45, 7) is 5.15. The van der Waals surface area contributed by atoms with Crippen LogP contribution in [0.2, 0.25) is 0 Å². The molecule has 2 aromatic heterocycles. The molecule has 1 aliphatic heterocycles. The monoisotopic (exact) mass is 451 g/mol. The van der Waals surface area contributed by atoms with Gasteiger partial charge in [0, 0.05) is 59.1 Å². The number of ketones is 1. The highest BCUT2D eigenvalue weighted by Gasteiger charge is 2.22. The third-order valence-electron chi connectivity index (χ3n) is 5.92. The van der Waals surface area contributed by atoms with Crippen LogP contribution in [0.3, 0.4) is 0 Å². The summed E-state index contributed by atoms with van der Waals surface area (Å²) in [6, 6.07) is 10.3. The number of likely N-dealkylation sites (N-methyl/N-ethyl adjacent to an activating group) is 1. The summed E-state index contributed by atoms with van der Waals surface area (Å²) in [6.07, 6.45) is 3.23. The molecule has 7 nitrogen and oxygen atoms in total. The highest BCUT2D eigenvalue weighted by atomic mass is 32.1. The van der Waals surface area contributed by atoms with Crippen molar-refractivity contribution < 1.29 is 9.59 Å². The minimum absolute atomic E-state index is 0.0192. The summed E-state index contributed by atoms with van der Waals surface area (Å²) in [5.41, 5.74) is 10.1. The quantitative estimate of drug-likeness (QED) is 0.599. The number of rotatable bonds is 5. The Balaban J connectivity index is 1.50. The van der Waals surface area contributed by atoms with Gasteiger partial charge in [-0.1, -0.05) is 12.1 Å². The predicted molar refractivity (Wildman–Crippen MR) is 132 cm³/mol. The van der Waals surface area contributed by atoms with Crippen molar-refractivity contribution in [2.75, 3.05) is 55.8 Å². The lowest BCUT2D eigenvalue weighted by molar-refractivity contribution is -0.127. The number of carbonyl (C=O) groups excluding carboxylic acids is 2. The number of aromatic nitrogens is 1. The Hall–Kier alpha value is -3.13. The van der Waals surface area contributed by atoms with Gasteiger partial charge < -0.3 is 20.4 Å². The fourth-order valence-corrected chi connectivity index (χ4v) is 5.11. The number of fused-ring (bicyclic) bond motifs is 1. The zero-order chi connectivity index (χ0) is 22.8. The Morgan fingerprint density at radius 2 is 1.75 bits per heavy atom. The number of nitrogens with two attached hydrogens (primary N) is 1. The van der Waals surface area contributed by atoms with Crippen molar-refractivity contribution in [3.05, 3.63) is 47.0 Å². The summed E-state index contributed by atoms with van der Waals surface area (Å²) < 4.78 is 0. The largest absolute Gasteiger partial charge is 0.397 e. The first kappa shape index (κ1) is 22.1. The van der Waals surface area contributed by atoms with Gasteiger partial charge in [0.05, 0.1) is 28.1 Å². The minimum Gasteiger partial charge on any atom is -0.397 e. The van der Waals surface area contributed by atoms with Crippen LogP contribution in [-0.2, 0) is 11.2 Å². The van der Waals surface area contributed by atoms with Gasteiger partial charge in [-0.3, -0.25) is 9.59 Å². The first-order chi connectivity index (χ1) is 15.3. The zero-order valence-corrected chi connectivity index (χ0v) is 19.6. The Bertz CT molecular complexity index is 1140. The van der Waals surface area contributed by atoms with E-state index in [1.807, 2.05) is 18.2 Å². The summed E-state index contributed by atoms with van der Waals surface area (Å²) in [4.78, 5) is 36.1. The topological polar surface area (TPSA) is 82.8 Å². The average Bonchev–Trinajstić information content (AvgIpc) is 2.95. The molecule has 0 bridgehead atoms. The van der Waals surface area contributed by atoms with Gasteiger partial charge >= 0.3 is 0 Å². The molecule has 32 heavy (non-hydrogen) atoms. The first-order valence-corrected chi connectivity index (χ1v) is 11.6. The van der Waals surface area contributed by atoms with E-state index in [9.17, 15) is 9.59 Å². The van der Waals surface area contributed by atoms with Crippen molar-refractivity contribution >= 4 is 50.3 Å². The molecule has 0 unspecified atom stereocenters. The van der Waals surface area contributed by atoms with Crippen molar-refractivity contribution in [1.82, 2.24) is 9.88 Å². The number of thiophene rings is 1. The van der Waals surface area contributed by atoms with Crippen LogP contribution in [0.25, 0.3) is 10.2 Å². The molecule has 0 radical (unpaired) electrons. The molecule has 0 atom stereocenters. The summed E-state index contributed by atoms with van der Waals surface area (Å²) in [7, 11) is 3.56. The van der Waals surface area contributed by atoms with E-state index < -0.39 is 0 Å². The maximum absolute atomic E-state index is 12.0. The minimum atomic E-state index is -0.0192. The van der Waals surface area contributed by atoms with E-state index in [4.69, 9.17) is 5.73 Å². The van der Waals surface area contributed by atoms with Crippen LogP contribution in [0.4, 0.5) is 17.1 Å². The molecule has 3 heterocycles. The second kappa shape index (κ2) is 9.16. The fourth-order valence-electron chi connectivity index (χ4n) is 4.13. The number of amides is 1. The van der Waals surface area contributed by atoms with Crippen LogP contribution in [0.5, 0.6) is 0 Å². The molecule has 1 amide bonds. The van der Waals surface area contributed by atoms with E-state index in [1.165, 1.54) is 17.0 Å². The van der Waals surface area contributed by atoms with E-state index in [-0.39, 0.29) is 11.7 Å². The van der Waals surface area contributed by atoms with Crippen molar-refractivity contribution in [3.63, 3.8) is 0 Å². The van der Waals surface area contributed by atoms with Crippen molar-refractivity contribution in [3.8, 4) is 0 Å². The number of pyridine rings is 1. The number of hydrogen-bond donors (Lipinski definition) is 1. The highest BCUT2D eigenvalue weighted by molar-refractivity contribution is 7.21. The van der Waals surface area contributed by atoms with Crippen molar-refractivity contribution in [2.24, 2.45) is 0 Å². The number of hydrogen-bond acceptors (Lipinski definition) is 7. The van der Waals surface area contributed by atoms with Gasteiger partial charge in [-0.2, -0.15) is 0 Å². The van der Waals surface area contributed by atoms with Gasteiger partial charge in [0.15, 0.2) is 5.78 Å². The smallest absolute Gasteiger partial charge is 0.226 e. The van der Waals surface area contributed by atoms with Gasteiger partial charge in [0.2, 0.25) is 5.91 Å². The number of carbonyl (C=O) groups is 2. The molecule has 1 aliphatic rings. The van der Waals surface area contributed by atoms with E-state index in [0.29, 0.717) is 17.0 Å². The van der Waals surface area contributed by atoms with Crippen LogP contribution >= 0.6 is 11.3 Å². The molecule has 0 aliphatic carbocycles. The average molecular weight is 452 g/mol. The molecule has 1 fully saturated rings. The maximum Gasteiger partial charge on any atom is 0.226 e. The molecule has 0 saturated carbocycles. The van der Waals surface area contributed by atoms with E-state index in [0.717, 1.165) is 54.1 Å². The molecule has 4 rings (SSSR count). The lowest BCUT2D eigenvalue weighted by atomic mass is 10.1. The number of Topliss-reactive ketones (excluding diaryl/α,β-unsaturated/α-hetero) is 1. The number of nitrogen functional groups attached to an aromatic ring is 1. The SMILES string of the molecule is CC(=O)c1sc2nccc(N3CCCN(c4ccc(CC(=O)N(C)C)cc4)CC3)c2c1N. The van der Waals surface area contributed by atoms with E-state index in [2.05, 4.69) is 26.9 Å². The van der Waals surface area contributed by atoms with Gasteiger partial charge in [0.25, 0.3) is 0 Å². The van der Waals surface area contributed by atoms with Gasteiger partial charge in [-0.15, -0.1) is 11.3 Å². The lowest BCUT2D eigenvalue weighted by Crippen LogP contribution is -2.30. The van der Waals surface area contributed by atoms with Gasteiger partial charge in [0.1, 0.15) is 4.83 Å². The second-order valence-electron chi connectivity index (χ2n) is 8.37. The second-order valence-corrected chi connectivity index (χ2v) is 9.37. The van der Waals surface area contributed by atoms with E-state index in [1.54, 1.807) is 32.1 Å². The number of nitrogens with zero attached hydrogens (tertiary/aromatic N) is 4. The molecule has 2 N–H and O–H groups in total. The lowest BCUT2D eigenvalue weighted by Gasteiger charge is -2.25. The van der Waals surface area contributed by atoms with Crippen LogP contribution in [-0.4, -0.2) is 61.8 Å². The normalized spacial score (nSPS) is 14.5. The van der Waals surface area contributed by atoms with Crippen molar-refractivity contribution in [2.45, 2.75) is 19.8 Å². The van der Waals surface area contributed by atoms with Crippen molar-refractivity contribution in [1.29, 1.82) is 0 Å². The van der Waals surface area contributed by atoms with Crippen LogP contribution < -0.4 is 15.5 Å². The van der Waals surface area contributed by atoms with Crippen LogP contribution in [0.1, 0.15) is 28.6 Å². The highest BCUT2D eigenvalue weighted by Crippen LogP contribution is 2.39. The molecule has 1 saturated heterocycles. The van der Waals surface area contributed by atoms with Gasteiger partial charge in [-0.05, 0) is 30.2 Å². The third-order valence-corrected chi connectivity index (χ3v) is 7.13. The predicted octanol–water partition coefficient (Wildman–Crippen LogP) is 3.43. The Kier molecular flexibility index (Phi) is 6.32. The number of anilines is 3. The Morgan fingerprint density at radius 1 is 1.06 bits per heavy atom. The summed E-state index contributed by atoms with van der Waals surface area (Å²) in [5, 5.41) is 0.895. The standard InChI is InChI=1S/C24H29N5O2S/c1-16(30)23-22(25)21-19(9-10-26-24(21)32-23)29-12-4-11-28(13-14-29)18-7-5-17(6-8-18)15-20(31)27(2)3/h5-10H,4,11-15,25H2,1-3H3. The number of benzene rings is 1. The molecule has 0 spiro atoms. The molecule has 1 aromatic carbocycles. The van der Waals surface area contributed by atoms with Crippen LogP contribution in [0, 0.1) is 0 Å². The maximum atomic E-state index is 12.0. The first-order valence-electron chi connectivity index (χ1n) is 10.8.